The van der Waals surface area contributed by atoms with Gasteiger partial charge in [-0.15, -0.1) is 0 Å². The van der Waals surface area contributed by atoms with E-state index in [-0.39, 0.29) is 0 Å². The minimum absolute atomic E-state index is 0.587. The molecule has 1 atom stereocenters. The van der Waals surface area contributed by atoms with Gasteiger partial charge in [0, 0.05) is 12.4 Å². The summed E-state index contributed by atoms with van der Waals surface area (Å²) in [7, 11) is 0. The van der Waals surface area contributed by atoms with Crippen LogP contribution in [0.2, 0.25) is 0 Å². The van der Waals surface area contributed by atoms with Gasteiger partial charge < -0.3 is 9.67 Å². The molecular weight excluding hydrogens is 200 g/mol. The Morgan fingerprint density at radius 2 is 2.25 bits per heavy atom. The number of rotatable bonds is 2. The number of hydrogen-bond acceptors (Lipinski definition) is 2. The first kappa shape index (κ1) is 9.60. The molecule has 1 aliphatic rings. The number of nitrogens with zero attached hydrogens (tertiary/aromatic N) is 2. The third kappa shape index (κ3) is 1.44. The molecule has 3 heteroatoms. The van der Waals surface area contributed by atoms with Gasteiger partial charge in [0.25, 0.3) is 0 Å². The lowest BCUT2D eigenvalue weighted by molar-refractivity contribution is 0.0203. The zero-order valence-electron chi connectivity index (χ0n) is 9.00. The first-order valence-corrected chi connectivity index (χ1v) is 5.54. The van der Waals surface area contributed by atoms with E-state index in [2.05, 4.69) is 11.1 Å². The maximum Gasteiger partial charge on any atom is 0.108 e. The summed E-state index contributed by atoms with van der Waals surface area (Å²) in [6, 6.07) is 8.14. The SMILES string of the molecule is OC1(Cn2ccnc2)CCc2ccccc21. The quantitative estimate of drug-likeness (QED) is 0.826. The maximum atomic E-state index is 10.7. The van der Waals surface area contributed by atoms with Crippen molar-refractivity contribution in [2.75, 3.05) is 0 Å². The standard InChI is InChI=1S/C13H14N2O/c16-13(9-15-8-7-14-10-15)6-5-11-3-1-2-4-12(11)13/h1-4,7-8,10,16H,5-6,9H2. The molecule has 0 saturated carbocycles. The van der Waals surface area contributed by atoms with Gasteiger partial charge in [-0.05, 0) is 24.0 Å². The fourth-order valence-electron chi connectivity index (χ4n) is 2.51. The third-order valence-corrected chi connectivity index (χ3v) is 3.33. The average molecular weight is 214 g/mol. The van der Waals surface area contributed by atoms with Crippen LogP contribution < -0.4 is 0 Å². The zero-order valence-corrected chi connectivity index (χ0v) is 9.00. The molecule has 1 unspecified atom stereocenters. The van der Waals surface area contributed by atoms with Crippen LogP contribution in [0.25, 0.3) is 0 Å². The Kier molecular flexibility index (Phi) is 2.07. The van der Waals surface area contributed by atoms with Gasteiger partial charge in [0.05, 0.1) is 12.9 Å². The number of benzene rings is 1. The zero-order chi connectivity index (χ0) is 11.0. The predicted octanol–water partition coefficient (Wildman–Crippen LogP) is 1.72. The van der Waals surface area contributed by atoms with Crippen molar-refractivity contribution in [1.82, 2.24) is 9.55 Å². The Balaban J connectivity index is 1.95. The molecule has 1 aromatic heterocycles. The molecule has 0 spiro atoms. The number of aryl methyl sites for hydroxylation is 1. The van der Waals surface area contributed by atoms with E-state index in [4.69, 9.17) is 0 Å². The summed E-state index contributed by atoms with van der Waals surface area (Å²) in [4.78, 5) is 4.00. The molecule has 0 amide bonds. The van der Waals surface area contributed by atoms with Crippen molar-refractivity contribution in [3.05, 3.63) is 54.1 Å². The summed E-state index contributed by atoms with van der Waals surface area (Å²) < 4.78 is 1.93. The highest BCUT2D eigenvalue weighted by Crippen LogP contribution is 2.37. The number of hydrogen-bond donors (Lipinski definition) is 1. The normalized spacial score (nSPS) is 23.3. The number of aliphatic hydroxyl groups is 1. The summed E-state index contributed by atoms with van der Waals surface area (Å²) in [5, 5.41) is 10.7. The molecular formula is C13H14N2O. The summed E-state index contributed by atoms with van der Waals surface area (Å²) in [6.45, 7) is 0.587. The molecule has 1 N–H and O–H groups in total. The minimum Gasteiger partial charge on any atom is -0.383 e. The van der Waals surface area contributed by atoms with E-state index < -0.39 is 5.60 Å². The Morgan fingerprint density at radius 1 is 1.38 bits per heavy atom. The van der Waals surface area contributed by atoms with Crippen molar-refractivity contribution >= 4 is 0 Å². The van der Waals surface area contributed by atoms with E-state index in [0.717, 1.165) is 18.4 Å². The minimum atomic E-state index is -0.725. The first-order chi connectivity index (χ1) is 7.78. The molecule has 1 aromatic carbocycles. The second-order valence-electron chi connectivity index (χ2n) is 4.42. The Labute approximate surface area is 94.4 Å². The smallest absolute Gasteiger partial charge is 0.108 e. The molecule has 2 aromatic rings. The molecule has 0 aliphatic heterocycles. The van der Waals surface area contributed by atoms with Crippen LogP contribution in [0.3, 0.4) is 0 Å². The van der Waals surface area contributed by atoms with Crippen molar-refractivity contribution in [3.8, 4) is 0 Å². The van der Waals surface area contributed by atoms with E-state index in [1.807, 2.05) is 29.0 Å². The largest absolute Gasteiger partial charge is 0.383 e. The van der Waals surface area contributed by atoms with Crippen LogP contribution in [0.5, 0.6) is 0 Å². The summed E-state index contributed by atoms with van der Waals surface area (Å²) in [6.07, 6.45) is 7.13. The van der Waals surface area contributed by atoms with Crippen molar-refractivity contribution in [2.45, 2.75) is 25.0 Å². The molecule has 0 saturated heterocycles. The number of fused-ring (bicyclic) bond motifs is 1. The van der Waals surface area contributed by atoms with E-state index in [1.165, 1.54) is 5.56 Å². The average Bonchev–Trinajstić information content (AvgIpc) is 2.89. The van der Waals surface area contributed by atoms with E-state index in [1.54, 1.807) is 12.5 Å². The van der Waals surface area contributed by atoms with Gasteiger partial charge in [-0.25, -0.2) is 4.98 Å². The number of aromatic nitrogens is 2. The van der Waals surface area contributed by atoms with Gasteiger partial charge in [0.2, 0.25) is 0 Å². The molecule has 0 fully saturated rings. The highest BCUT2D eigenvalue weighted by Gasteiger charge is 2.36. The highest BCUT2D eigenvalue weighted by molar-refractivity contribution is 5.36. The van der Waals surface area contributed by atoms with Gasteiger partial charge in [-0.1, -0.05) is 24.3 Å². The Hall–Kier alpha value is -1.61. The molecule has 0 radical (unpaired) electrons. The summed E-state index contributed by atoms with van der Waals surface area (Å²) in [5.41, 5.74) is 1.62. The van der Waals surface area contributed by atoms with E-state index in [9.17, 15) is 5.11 Å². The highest BCUT2D eigenvalue weighted by atomic mass is 16.3. The molecule has 16 heavy (non-hydrogen) atoms. The van der Waals surface area contributed by atoms with Gasteiger partial charge >= 0.3 is 0 Å². The van der Waals surface area contributed by atoms with Gasteiger partial charge in [-0.3, -0.25) is 0 Å². The predicted molar refractivity (Wildman–Crippen MR) is 60.9 cm³/mol. The van der Waals surface area contributed by atoms with Crippen LogP contribution in [-0.2, 0) is 18.6 Å². The summed E-state index contributed by atoms with van der Waals surface area (Å²) >= 11 is 0. The Morgan fingerprint density at radius 3 is 3.06 bits per heavy atom. The van der Waals surface area contributed by atoms with Gasteiger partial charge in [-0.2, -0.15) is 0 Å². The van der Waals surface area contributed by atoms with Crippen LogP contribution >= 0.6 is 0 Å². The van der Waals surface area contributed by atoms with Crippen molar-refractivity contribution in [2.24, 2.45) is 0 Å². The molecule has 3 rings (SSSR count). The second-order valence-corrected chi connectivity index (χ2v) is 4.42. The van der Waals surface area contributed by atoms with E-state index in [0.29, 0.717) is 6.54 Å². The number of imidazole rings is 1. The molecule has 3 nitrogen and oxygen atoms in total. The first-order valence-electron chi connectivity index (χ1n) is 5.54. The Bertz CT molecular complexity index is 492. The maximum absolute atomic E-state index is 10.7. The van der Waals surface area contributed by atoms with Crippen LogP contribution in [0.15, 0.2) is 43.0 Å². The van der Waals surface area contributed by atoms with Gasteiger partial charge in [0.1, 0.15) is 5.60 Å². The monoisotopic (exact) mass is 214 g/mol. The lowest BCUT2D eigenvalue weighted by Gasteiger charge is -2.24. The van der Waals surface area contributed by atoms with Crippen molar-refractivity contribution < 1.29 is 5.11 Å². The van der Waals surface area contributed by atoms with Crippen LogP contribution in [0.4, 0.5) is 0 Å². The topological polar surface area (TPSA) is 38.0 Å². The third-order valence-electron chi connectivity index (χ3n) is 3.33. The fourth-order valence-corrected chi connectivity index (χ4v) is 2.51. The second kappa shape index (κ2) is 3.46. The molecule has 82 valence electrons. The van der Waals surface area contributed by atoms with Crippen molar-refractivity contribution in [1.29, 1.82) is 0 Å². The molecule has 1 heterocycles. The van der Waals surface area contributed by atoms with E-state index >= 15 is 0 Å². The lowest BCUT2D eigenvalue weighted by atomic mass is 9.96. The lowest BCUT2D eigenvalue weighted by Crippen LogP contribution is -2.28. The summed E-state index contributed by atoms with van der Waals surface area (Å²) in [5.74, 6) is 0. The van der Waals surface area contributed by atoms with Crippen LogP contribution in [-0.4, -0.2) is 14.7 Å². The van der Waals surface area contributed by atoms with Crippen molar-refractivity contribution in [3.63, 3.8) is 0 Å². The van der Waals surface area contributed by atoms with Crippen LogP contribution in [0, 0.1) is 0 Å². The molecule has 1 aliphatic carbocycles. The fraction of sp³-hybridized carbons (Fsp3) is 0.308. The van der Waals surface area contributed by atoms with Crippen LogP contribution in [0.1, 0.15) is 17.5 Å². The van der Waals surface area contributed by atoms with Gasteiger partial charge in [0.15, 0.2) is 0 Å². The molecule has 0 bridgehead atoms.